The third-order valence-corrected chi connectivity index (χ3v) is 2.06. The van der Waals surface area contributed by atoms with Crippen LogP contribution in [0.4, 0.5) is 0 Å². The number of ether oxygens (including phenoxy) is 3. The molecular weight excluding hydrogens is 220 g/mol. The summed E-state index contributed by atoms with van der Waals surface area (Å²) in [7, 11) is 1.58. The van der Waals surface area contributed by atoms with E-state index in [1.54, 1.807) is 31.4 Å². The minimum atomic E-state index is -0.411. The van der Waals surface area contributed by atoms with Gasteiger partial charge in [-0.2, -0.15) is 0 Å². The molecular formula is C13H16O4. The van der Waals surface area contributed by atoms with E-state index in [-0.39, 0.29) is 6.79 Å². The average Bonchev–Trinajstić information content (AvgIpc) is 2.38. The normalized spacial score (nSPS) is 9.94. The van der Waals surface area contributed by atoms with Crippen molar-refractivity contribution in [1.82, 2.24) is 0 Å². The van der Waals surface area contributed by atoms with Gasteiger partial charge in [-0.15, -0.1) is 0 Å². The predicted molar refractivity (Wildman–Crippen MR) is 64.6 cm³/mol. The predicted octanol–water partition coefficient (Wildman–Crippen LogP) is 2.11. The Balaban J connectivity index is 2.38. The average molecular weight is 236 g/mol. The Labute approximate surface area is 101 Å². The van der Waals surface area contributed by atoms with E-state index >= 15 is 0 Å². The quantitative estimate of drug-likeness (QED) is 0.413. The van der Waals surface area contributed by atoms with Crippen molar-refractivity contribution in [3.8, 4) is 0 Å². The highest BCUT2D eigenvalue weighted by molar-refractivity contribution is 5.90. The van der Waals surface area contributed by atoms with Crippen LogP contribution in [0, 0.1) is 0 Å². The minimum absolute atomic E-state index is 0.0689. The molecule has 0 saturated heterocycles. The summed E-state index contributed by atoms with van der Waals surface area (Å²) in [4.78, 5) is 11.6. The third kappa shape index (κ3) is 4.80. The Hall–Kier alpha value is -1.65. The lowest BCUT2D eigenvalue weighted by molar-refractivity contribution is -0.0435. The van der Waals surface area contributed by atoms with Crippen molar-refractivity contribution >= 4 is 12.0 Å². The summed E-state index contributed by atoms with van der Waals surface area (Å²) in [6, 6.07) is 7.03. The van der Waals surface area contributed by atoms with Gasteiger partial charge in [0.2, 0.25) is 0 Å². The van der Waals surface area contributed by atoms with Crippen molar-refractivity contribution in [3.63, 3.8) is 0 Å². The lowest BCUT2D eigenvalue weighted by atomic mass is 10.1. The summed E-state index contributed by atoms with van der Waals surface area (Å²) < 4.78 is 14.7. The van der Waals surface area contributed by atoms with Gasteiger partial charge in [0.1, 0.15) is 0 Å². The maximum Gasteiger partial charge on any atom is 0.340 e. The number of hydrogen-bond donors (Lipinski definition) is 0. The zero-order valence-electron chi connectivity index (χ0n) is 9.85. The Morgan fingerprint density at radius 3 is 2.94 bits per heavy atom. The minimum Gasteiger partial charge on any atom is -0.435 e. The molecule has 1 rings (SSSR count). The van der Waals surface area contributed by atoms with Gasteiger partial charge < -0.3 is 14.2 Å². The smallest absolute Gasteiger partial charge is 0.340 e. The second-order valence-electron chi connectivity index (χ2n) is 3.28. The van der Waals surface area contributed by atoms with E-state index < -0.39 is 5.97 Å². The summed E-state index contributed by atoms with van der Waals surface area (Å²) in [5, 5.41) is 0. The van der Waals surface area contributed by atoms with Crippen molar-refractivity contribution in [1.29, 1.82) is 0 Å². The van der Waals surface area contributed by atoms with Gasteiger partial charge in [0.15, 0.2) is 6.79 Å². The van der Waals surface area contributed by atoms with E-state index in [1.165, 1.54) is 0 Å². The van der Waals surface area contributed by atoms with Gasteiger partial charge in [0.25, 0.3) is 0 Å². The molecule has 92 valence electrons. The van der Waals surface area contributed by atoms with Crippen LogP contribution in [-0.2, 0) is 14.2 Å². The Bertz CT molecular complexity index is 373. The second kappa shape index (κ2) is 7.60. The maximum absolute atomic E-state index is 11.6. The van der Waals surface area contributed by atoms with Gasteiger partial charge in [0.05, 0.1) is 18.8 Å². The number of carbonyl (C=O) groups is 1. The molecule has 1 aromatic rings. The van der Waals surface area contributed by atoms with E-state index in [0.29, 0.717) is 18.8 Å². The third-order valence-electron chi connectivity index (χ3n) is 2.06. The summed E-state index contributed by atoms with van der Waals surface area (Å²) in [6.45, 7) is 4.44. The first kappa shape index (κ1) is 13.4. The lowest BCUT2D eigenvalue weighted by Gasteiger charge is -2.06. The molecule has 0 fully saturated rings. The molecule has 17 heavy (non-hydrogen) atoms. The fraction of sp³-hybridized carbons (Fsp3) is 0.308. The van der Waals surface area contributed by atoms with Gasteiger partial charge in [-0.1, -0.05) is 24.8 Å². The first-order valence-corrected chi connectivity index (χ1v) is 5.24. The van der Waals surface area contributed by atoms with Crippen molar-refractivity contribution in [2.45, 2.75) is 0 Å². The van der Waals surface area contributed by atoms with E-state index in [4.69, 9.17) is 14.2 Å². The first-order valence-electron chi connectivity index (χ1n) is 5.24. The van der Waals surface area contributed by atoms with Gasteiger partial charge >= 0.3 is 5.97 Å². The molecule has 0 aromatic heterocycles. The van der Waals surface area contributed by atoms with Gasteiger partial charge in [0, 0.05) is 7.11 Å². The van der Waals surface area contributed by atoms with Crippen LogP contribution in [0.1, 0.15) is 15.9 Å². The van der Waals surface area contributed by atoms with Crippen molar-refractivity contribution in [2.75, 3.05) is 27.1 Å². The molecule has 4 heteroatoms. The van der Waals surface area contributed by atoms with Gasteiger partial charge in [-0.3, -0.25) is 0 Å². The summed E-state index contributed by atoms with van der Waals surface area (Å²) in [6.07, 6.45) is 1.67. The monoisotopic (exact) mass is 236 g/mol. The molecule has 1 aromatic carbocycles. The Morgan fingerprint density at radius 1 is 1.41 bits per heavy atom. The van der Waals surface area contributed by atoms with Crippen LogP contribution in [0.15, 0.2) is 30.8 Å². The standard InChI is InChI=1S/C13H16O4/c1-3-11-5-4-6-12(9-11)13(14)17-10-16-8-7-15-2/h3-6,9H,1,7-8,10H2,2H3. The molecule has 0 bridgehead atoms. The van der Waals surface area contributed by atoms with Crippen molar-refractivity contribution in [2.24, 2.45) is 0 Å². The molecule has 0 saturated carbocycles. The fourth-order valence-corrected chi connectivity index (χ4v) is 1.17. The molecule has 0 unspecified atom stereocenters. The maximum atomic E-state index is 11.6. The topological polar surface area (TPSA) is 44.8 Å². The summed E-state index contributed by atoms with van der Waals surface area (Å²) >= 11 is 0. The van der Waals surface area contributed by atoms with Crippen LogP contribution in [0.25, 0.3) is 6.08 Å². The molecule has 0 aliphatic heterocycles. The molecule has 4 nitrogen and oxygen atoms in total. The molecule has 0 spiro atoms. The van der Waals surface area contributed by atoms with Crippen molar-refractivity contribution in [3.05, 3.63) is 42.0 Å². The zero-order valence-corrected chi connectivity index (χ0v) is 9.85. The summed E-state index contributed by atoms with van der Waals surface area (Å²) in [5.74, 6) is -0.411. The van der Waals surface area contributed by atoms with E-state index in [0.717, 1.165) is 5.56 Å². The number of benzene rings is 1. The molecule has 0 aliphatic carbocycles. The van der Waals surface area contributed by atoms with E-state index in [2.05, 4.69) is 6.58 Å². The van der Waals surface area contributed by atoms with Crippen LogP contribution in [0.2, 0.25) is 0 Å². The SMILES string of the molecule is C=Cc1cccc(C(=O)OCOCCOC)c1. The highest BCUT2D eigenvalue weighted by Crippen LogP contribution is 2.07. The highest BCUT2D eigenvalue weighted by Gasteiger charge is 2.06. The number of carbonyl (C=O) groups excluding carboxylic acids is 1. The number of esters is 1. The largest absolute Gasteiger partial charge is 0.435 e. The lowest BCUT2D eigenvalue weighted by Crippen LogP contribution is -2.11. The van der Waals surface area contributed by atoms with Gasteiger partial charge in [-0.05, 0) is 17.7 Å². The first-order chi connectivity index (χ1) is 8.27. The van der Waals surface area contributed by atoms with Crippen LogP contribution in [0.5, 0.6) is 0 Å². The molecule has 0 atom stereocenters. The van der Waals surface area contributed by atoms with Crippen LogP contribution >= 0.6 is 0 Å². The van der Waals surface area contributed by atoms with Crippen LogP contribution in [-0.4, -0.2) is 33.1 Å². The zero-order chi connectivity index (χ0) is 12.5. The fourth-order valence-electron chi connectivity index (χ4n) is 1.17. The molecule has 0 radical (unpaired) electrons. The van der Waals surface area contributed by atoms with E-state index in [1.807, 2.05) is 6.07 Å². The number of hydrogen-bond acceptors (Lipinski definition) is 4. The number of rotatable bonds is 7. The van der Waals surface area contributed by atoms with Crippen LogP contribution in [0.3, 0.4) is 0 Å². The molecule has 0 aliphatic rings. The van der Waals surface area contributed by atoms with Gasteiger partial charge in [-0.25, -0.2) is 4.79 Å². The van der Waals surface area contributed by atoms with E-state index in [9.17, 15) is 4.79 Å². The molecule has 0 N–H and O–H groups in total. The van der Waals surface area contributed by atoms with Crippen molar-refractivity contribution < 1.29 is 19.0 Å². The second-order valence-corrected chi connectivity index (χ2v) is 3.28. The van der Waals surface area contributed by atoms with Crippen LogP contribution < -0.4 is 0 Å². The Morgan fingerprint density at radius 2 is 2.24 bits per heavy atom. The number of methoxy groups -OCH3 is 1. The highest BCUT2D eigenvalue weighted by atomic mass is 16.7. The summed E-state index contributed by atoms with van der Waals surface area (Å²) in [5.41, 5.74) is 1.36. The molecule has 0 amide bonds. The molecule has 0 heterocycles. The Kier molecular flexibility index (Phi) is 5.99.